The van der Waals surface area contributed by atoms with E-state index in [2.05, 4.69) is 0 Å². The fourth-order valence-corrected chi connectivity index (χ4v) is 1.46. The number of allylic oxidation sites excluding steroid dienone is 1. The van der Waals surface area contributed by atoms with Crippen LogP contribution in [-0.2, 0) is 9.59 Å². The van der Waals surface area contributed by atoms with Crippen LogP contribution >= 0.6 is 0 Å². The minimum Gasteiger partial charge on any atom is -0.480 e. The Kier molecular flexibility index (Phi) is 4.80. The Morgan fingerprint density at radius 2 is 2.00 bits per heavy atom. The summed E-state index contributed by atoms with van der Waals surface area (Å²) in [5, 5.41) is 8.64. The summed E-state index contributed by atoms with van der Waals surface area (Å²) < 4.78 is 0. The summed E-state index contributed by atoms with van der Waals surface area (Å²) in [5.74, 6) is -1.48. The second kappa shape index (κ2) is 6.34. The molecule has 94 valence electrons. The molecule has 0 spiro atoms. The van der Waals surface area contributed by atoms with Gasteiger partial charge in [0.15, 0.2) is 0 Å². The third-order valence-corrected chi connectivity index (χ3v) is 2.26. The molecule has 0 saturated carbocycles. The van der Waals surface area contributed by atoms with Crippen molar-refractivity contribution in [3.05, 3.63) is 41.5 Å². The van der Waals surface area contributed by atoms with Gasteiger partial charge in [-0.3, -0.25) is 14.4 Å². The molecule has 0 aliphatic carbocycles. The van der Waals surface area contributed by atoms with Crippen LogP contribution < -0.4 is 0 Å². The van der Waals surface area contributed by atoms with E-state index in [9.17, 15) is 14.4 Å². The van der Waals surface area contributed by atoms with Gasteiger partial charge in [0, 0.05) is 12.6 Å². The minimum atomic E-state index is -1.08. The number of hydrogen-bond acceptors (Lipinski definition) is 3. The quantitative estimate of drug-likeness (QED) is 0.623. The number of carbonyl (C=O) groups is 3. The SMILES string of the molecule is CN(CC(=O)O)C(=O)c1ccccc1/C=C/C=O. The second-order valence-corrected chi connectivity index (χ2v) is 3.64. The number of likely N-dealkylation sites (N-methyl/N-ethyl adjacent to an activating group) is 1. The summed E-state index contributed by atoms with van der Waals surface area (Å²) in [6, 6.07) is 6.69. The van der Waals surface area contributed by atoms with Gasteiger partial charge in [-0.15, -0.1) is 0 Å². The van der Waals surface area contributed by atoms with E-state index in [4.69, 9.17) is 5.11 Å². The number of amides is 1. The first-order chi connectivity index (χ1) is 8.56. The van der Waals surface area contributed by atoms with Crippen LogP contribution in [0.1, 0.15) is 15.9 Å². The van der Waals surface area contributed by atoms with Gasteiger partial charge < -0.3 is 10.0 Å². The van der Waals surface area contributed by atoms with Crippen molar-refractivity contribution in [1.29, 1.82) is 0 Å². The average molecular weight is 247 g/mol. The van der Waals surface area contributed by atoms with Gasteiger partial charge in [-0.25, -0.2) is 0 Å². The molecule has 0 aliphatic heterocycles. The summed E-state index contributed by atoms with van der Waals surface area (Å²) in [6.07, 6.45) is 3.40. The van der Waals surface area contributed by atoms with Crippen LogP contribution in [0.3, 0.4) is 0 Å². The van der Waals surface area contributed by atoms with E-state index in [0.717, 1.165) is 4.90 Å². The predicted molar refractivity (Wildman–Crippen MR) is 66.1 cm³/mol. The predicted octanol–water partition coefficient (Wildman–Crippen LogP) is 1.06. The molecular weight excluding hydrogens is 234 g/mol. The molecule has 1 aromatic rings. The van der Waals surface area contributed by atoms with Gasteiger partial charge in [0.25, 0.3) is 5.91 Å². The van der Waals surface area contributed by atoms with Gasteiger partial charge >= 0.3 is 5.97 Å². The van der Waals surface area contributed by atoms with Gasteiger partial charge in [-0.2, -0.15) is 0 Å². The average Bonchev–Trinajstić information content (AvgIpc) is 2.35. The number of carbonyl (C=O) groups excluding carboxylic acids is 2. The normalized spacial score (nSPS) is 10.3. The molecule has 18 heavy (non-hydrogen) atoms. The lowest BCUT2D eigenvalue weighted by molar-refractivity contribution is -0.137. The molecule has 5 heteroatoms. The maximum atomic E-state index is 12.0. The summed E-state index contributed by atoms with van der Waals surface area (Å²) in [4.78, 5) is 33.9. The Hall–Kier alpha value is -2.43. The molecule has 0 radical (unpaired) electrons. The van der Waals surface area contributed by atoms with Crippen molar-refractivity contribution in [3.63, 3.8) is 0 Å². The molecular formula is C13H13NO4. The number of rotatable bonds is 5. The zero-order valence-electron chi connectivity index (χ0n) is 9.87. The second-order valence-electron chi connectivity index (χ2n) is 3.64. The number of carboxylic acid groups (broad SMARTS) is 1. The van der Waals surface area contributed by atoms with E-state index in [0.29, 0.717) is 17.4 Å². The van der Waals surface area contributed by atoms with E-state index in [1.165, 1.54) is 19.2 Å². The highest BCUT2D eigenvalue weighted by molar-refractivity contribution is 5.99. The Bertz CT molecular complexity index is 494. The van der Waals surface area contributed by atoms with Gasteiger partial charge in [-0.05, 0) is 17.7 Å². The topological polar surface area (TPSA) is 74.7 Å². The molecule has 0 fully saturated rings. The van der Waals surface area contributed by atoms with Crippen molar-refractivity contribution in [2.24, 2.45) is 0 Å². The van der Waals surface area contributed by atoms with Crippen molar-refractivity contribution < 1.29 is 19.5 Å². The fourth-order valence-electron chi connectivity index (χ4n) is 1.46. The summed E-state index contributed by atoms with van der Waals surface area (Å²) >= 11 is 0. The summed E-state index contributed by atoms with van der Waals surface area (Å²) in [7, 11) is 1.41. The molecule has 0 heterocycles. The zero-order chi connectivity index (χ0) is 13.5. The number of aldehydes is 1. The van der Waals surface area contributed by atoms with Crippen LogP contribution in [0.15, 0.2) is 30.3 Å². The Morgan fingerprint density at radius 3 is 2.61 bits per heavy atom. The molecule has 1 aromatic carbocycles. The van der Waals surface area contributed by atoms with Crippen LogP contribution in [0.2, 0.25) is 0 Å². The number of nitrogens with zero attached hydrogens (tertiary/aromatic N) is 1. The number of aliphatic carboxylic acids is 1. The number of benzene rings is 1. The summed E-state index contributed by atoms with van der Waals surface area (Å²) in [6.45, 7) is -0.370. The first kappa shape index (κ1) is 13.6. The lowest BCUT2D eigenvalue weighted by Gasteiger charge is -2.15. The third kappa shape index (κ3) is 3.55. The van der Waals surface area contributed by atoms with E-state index in [1.54, 1.807) is 24.3 Å². The Labute approximate surface area is 104 Å². The van der Waals surface area contributed by atoms with Crippen LogP contribution in [-0.4, -0.2) is 41.8 Å². The highest BCUT2D eigenvalue weighted by Gasteiger charge is 2.16. The molecule has 0 atom stereocenters. The molecule has 0 aromatic heterocycles. The molecule has 5 nitrogen and oxygen atoms in total. The Morgan fingerprint density at radius 1 is 1.33 bits per heavy atom. The van der Waals surface area contributed by atoms with Gasteiger partial charge in [0.1, 0.15) is 12.8 Å². The van der Waals surface area contributed by atoms with Gasteiger partial charge in [-0.1, -0.05) is 24.3 Å². The molecule has 1 amide bonds. The van der Waals surface area contributed by atoms with E-state index in [-0.39, 0.29) is 6.54 Å². The molecule has 1 N–H and O–H groups in total. The zero-order valence-corrected chi connectivity index (χ0v) is 9.87. The monoisotopic (exact) mass is 247 g/mol. The maximum Gasteiger partial charge on any atom is 0.323 e. The van der Waals surface area contributed by atoms with Crippen molar-refractivity contribution >= 4 is 24.2 Å². The smallest absolute Gasteiger partial charge is 0.323 e. The lowest BCUT2D eigenvalue weighted by atomic mass is 10.1. The minimum absolute atomic E-state index is 0.361. The number of carboxylic acids is 1. The van der Waals surface area contributed by atoms with Crippen molar-refractivity contribution in [2.75, 3.05) is 13.6 Å². The first-order valence-corrected chi connectivity index (χ1v) is 5.24. The molecule has 0 saturated heterocycles. The van der Waals surface area contributed by atoms with Gasteiger partial charge in [0.2, 0.25) is 0 Å². The van der Waals surface area contributed by atoms with Crippen molar-refractivity contribution in [1.82, 2.24) is 4.90 Å². The van der Waals surface area contributed by atoms with E-state index >= 15 is 0 Å². The summed E-state index contributed by atoms with van der Waals surface area (Å²) in [5.41, 5.74) is 0.936. The number of hydrogen-bond donors (Lipinski definition) is 1. The standard InChI is InChI=1S/C13H13NO4/c1-14(9-12(16)17)13(18)11-7-3-2-5-10(11)6-4-8-15/h2-8H,9H2,1H3,(H,16,17)/b6-4+. The fraction of sp³-hybridized carbons (Fsp3) is 0.154. The maximum absolute atomic E-state index is 12.0. The molecule has 0 aliphatic rings. The van der Waals surface area contributed by atoms with Crippen LogP contribution in [0.25, 0.3) is 6.08 Å². The lowest BCUT2D eigenvalue weighted by Crippen LogP contribution is -2.32. The van der Waals surface area contributed by atoms with Crippen molar-refractivity contribution in [3.8, 4) is 0 Å². The van der Waals surface area contributed by atoms with E-state index in [1.807, 2.05) is 0 Å². The van der Waals surface area contributed by atoms with Gasteiger partial charge in [0.05, 0.1) is 0 Å². The highest BCUT2D eigenvalue weighted by atomic mass is 16.4. The highest BCUT2D eigenvalue weighted by Crippen LogP contribution is 2.12. The molecule has 1 rings (SSSR count). The van der Waals surface area contributed by atoms with Crippen LogP contribution in [0.5, 0.6) is 0 Å². The van der Waals surface area contributed by atoms with Crippen LogP contribution in [0.4, 0.5) is 0 Å². The third-order valence-electron chi connectivity index (χ3n) is 2.26. The largest absolute Gasteiger partial charge is 0.480 e. The molecule has 0 unspecified atom stereocenters. The van der Waals surface area contributed by atoms with Crippen molar-refractivity contribution in [2.45, 2.75) is 0 Å². The first-order valence-electron chi connectivity index (χ1n) is 5.24. The molecule has 0 bridgehead atoms. The Balaban J connectivity index is 3.01. The van der Waals surface area contributed by atoms with E-state index < -0.39 is 11.9 Å². The van der Waals surface area contributed by atoms with Crippen LogP contribution in [0, 0.1) is 0 Å².